The molecule has 3 N–H and O–H groups in total. The molecule has 2 unspecified atom stereocenters. The minimum atomic E-state index is -4.13. The second-order valence-corrected chi connectivity index (χ2v) is 6.91. The Balaban J connectivity index is 2.63. The van der Waals surface area contributed by atoms with E-state index >= 15 is 0 Å². The first-order valence-electron chi connectivity index (χ1n) is 6.12. The Morgan fingerprint density at radius 3 is 2.21 bits per heavy atom. The Morgan fingerprint density at radius 2 is 1.84 bits per heavy atom. The fraction of sp³-hybridized carbons (Fsp3) is 0.818. The van der Waals surface area contributed by atoms with Crippen LogP contribution in [0.5, 0.6) is 0 Å². The maximum Gasteiger partial charge on any atom is 0.326 e. The first kappa shape index (κ1) is 15.9. The van der Waals surface area contributed by atoms with E-state index in [1.54, 1.807) is 13.8 Å². The molecule has 1 aliphatic rings. The molecule has 0 bridgehead atoms. The van der Waals surface area contributed by atoms with E-state index in [2.05, 4.69) is 5.32 Å². The van der Waals surface area contributed by atoms with Gasteiger partial charge in [0.1, 0.15) is 6.04 Å². The molecule has 0 radical (unpaired) electrons. The van der Waals surface area contributed by atoms with Gasteiger partial charge >= 0.3 is 5.97 Å². The van der Waals surface area contributed by atoms with E-state index in [4.69, 9.17) is 9.66 Å². The lowest BCUT2D eigenvalue weighted by atomic mass is 10.0. The Hall–Kier alpha value is -1.15. The number of aliphatic carboxylic acids is 1. The molecule has 1 fully saturated rings. The van der Waals surface area contributed by atoms with Gasteiger partial charge in [0.15, 0.2) is 0 Å². The van der Waals surface area contributed by atoms with Crippen LogP contribution in [0.15, 0.2) is 0 Å². The zero-order valence-electron chi connectivity index (χ0n) is 10.9. The van der Waals surface area contributed by atoms with Crippen LogP contribution >= 0.6 is 0 Å². The van der Waals surface area contributed by atoms with Crippen molar-refractivity contribution in [2.24, 2.45) is 11.8 Å². The van der Waals surface area contributed by atoms with Gasteiger partial charge in [-0.3, -0.25) is 9.35 Å². The molecular weight excluding hydrogens is 274 g/mol. The number of carbonyl (C=O) groups excluding carboxylic acids is 1. The van der Waals surface area contributed by atoms with Crippen LogP contribution in [0.4, 0.5) is 0 Å². The zero-order chi connectivity index (χ0) is 14.8. The number of hydrogen-bond acceptors (Lipinski definition) is 4. The molecule has 0 aliphatic heterocycles. The lowest BCUT2D eigenvalue weighted by Gasteiger charge is -2.20. The minimum absolute atomic E-state index is 0.0368. The van der Waals surface area contributed by atoms with Gasteiger partial charge in [-0.15, -0.1) is 0 Å². The first-order valence-corrected chi connectivity index (χ1v) is 7.62. The molecule has 1 rings (SSSR count). The summed E-state index contributed by atoms with van der Waals surface area (Å²) in [6.07, 6.45) is 0.589. The van der Waals surface area contributed by atoms with Crippen LogP contribution in [-0.4, -0.2) is 41.2 Å². The molecule has 0 aromatic heterocycles. The van der Waals surface area contributed by atoms with Gasteiger partial charge in [-0.25, -0.2) is 4.79 Å². The number of rotatable bonds is 5. The van der Waals surface area contributed by atoms with Crippen LogP contribution in [0.3, 0.4) is 0 Å². The van der Waals surface area contributed by atoms with E-state index in [1.165, 1.54) is 0 Å². The quantitative estimate of drug-likeness (QED) is 0.626. The minimum Gasteiger partial charge on any atom is -0.480 e. The van der Waals surface area contributed by atoms with Crippen LogP contribution in [0, 0.1) is 11.8 Å². The summed E-state index contributed by atoms with van der Waals surface area (Å²) in [5.74, 6) is -2.41. The zero-order valence-corrected chi connectivity index (χ0v) is 11.7. The summed E-state index contributed by atoms with van der Waals surface area (Å²) in [7, 11) is -4.13. The van der Waals surface area contributed by atoms with Gasteiger partial charge in [0.05, 0.1) is 5.25 Å². The van der Waals surface area contributed by atoms with Crippen molar-refractivity contribution in [1.82, 2.24) is 5.32 Å². The Bertz CT molecular complexity index is 458. The molecule has 1 amide bonds. The van der Waals surface area contributed by atoms with Crippen molar-refractivity contribution in [3.63, 3.8) is 0 Å². The third-order valence-corrected chi connectivity index (χ3v) is 4.68. The molecule has 1 aliphatic carbocycles. The summed E-state index contributed by atoms with van der Waals surface area (Å²) in [4.78, 5) is 22.9. The monoisotopic (exact) mass is 293 g/mol. The van der Waals surface area contributed by atoms with E-state index < -0.39 is 39.2 Å². The van der Waals surface area contributed by atoms with E-state index in [1.807, 2.05) is 0 Å². The van der Waals surface area contributed by atoms with Gasteiger partial charge in [-0.05, 0) is 25.2 Å². The van der Waals surface area contributed by atoms with Crippen molar-refractivity contribution in [3.05, 3.63) is 0 Å². The van der Waals surface area contributed by atoms with Gasteiger partial charge in [0.2, 0.25) is 5.91 Å². The Morgan fingerprint density at radius 1 is 1.26 bits per heavy atom. The first-order chi connectivity index (χ1) is 8.62. The highest BCUT2D eigenvalue weighted by Gasteiger charge is 2.37. The van der Waals surface area contributed by atoms with Gasteiger partial charge in [0, 0.05) is 5.92 Å². The summed E-state index contributed by atoms with van der Waals surface area (Å²) in [6, 6.07) is -0.989. The molecule has 0 aromatic rings. The highest BCUT2D eigenvalue weighted by atomic mass is 32.2. The molecular formula is C11H19NO6S. The fourth-order valence-corrected chi connectivity index (χ4v) is 3.14. The predicted octanol–water partition coefficient (Wildman–Crippen LogP) is 0.268. The predicted molar refractivity (Wildman–Crippen MR) is 67.1 cm³/mol. The van der Waals surface area contributed by atoms with E-state index in [0.717, 1.165) is 0 Å². The van der Waals surface area contributed by atoms with Crippen molar-refractivity contribution in [2.45, 2.75) is 44.4 Å². The largest absolute Gasteiger partial charge is 0.480 e. The van der Waals surface area contributed by atoms with Crippen LogP contribution in [0.1, 0.15) is 33.1 Å². The van der Waals surface area contributed by atoms with Crippen molar-refractivity contribution >= 4 is 22.0 Å². The summed E-state index contributed by atoms with van der Waals surface area (Å²) in [5.41, 5.74) is 0. The number of nitrogens with one attached hydrogen (secondary N) is 1. The van der Waals surface area contributed by atoms with Gasteiger partial charge in [-0.2, -0.15) is 8.42 Å². The Labute approximate surface area is 112 Å². The summed E-state index contributed by atoms with van der Waals surface area (Å²) in [6.45, 7) is 3.35. The number of amides is 1. The molecule has 0 aromatic carbocycles. The normalized spacial score (nSPS) is 25.3. The van der Waals surface area contributed by atoms with Gasteiger partial charge in [0.25, 0.3) is 10.1 Å². The highest BCUT2D eigenvalue weighted by molar-refractivity contribution is 7.86. The van der Waals surface area contributed by atoms with Crippen molar-refractivity contribution in [1.29, 1.82) is 0 Å². The van der Waals surface area contributed by atoms with Crippen molar-refractivity contribution in [3.8, 4) is 0 Å². The van der Waals surface area contributed by atoms with Crippen LogP contribution < -0.4 is 5.32 Å². The maximum absolute atomic E-state index is 11.9. The molecule has 8 heteroatoms. The fourth-order valence-electron chi connectivity index (χ4n) is 2.23. The van der Waals surface area contributed by atoms with Gasteiger partial charge < -0.3 is 10.4 Å². The SMILES string of the molecule is CC(C)[C@H](NC(=O)C1CCC(S(=O)(=O)O)C1)C(=O)O. The highest BCUT2D eigenvalue weighted by Crippen LogP contribution is 2.30. The van der Waals surface area contributed by atoms with Crippen LogP contribution in [-0.2, 0) is 19.7 Å². The van der Waals surface area contributed by atoms with Crippen LogP contribution in [0.25, 0.3) is 0 Å². The second-order valence-electron chi connectivity index (χ2n) is 5.22. The molecule has 110 valence electrons. The third-order valence-electron chi connectivity index (χ3n) is 3.41. The molecule has 19 heavy (non-hydrogen) atoms. The maximum atomic E-state index is 11.9. The molecule has 1 saturated carbocycles. The smallest absolute Gasteiger partial charge is 0.326 e. The molecule has 0 spiro atoms. The molecule has 3 atom stereocenters. The molecule has 0 heterocycles. The Kier molecular flexibility index (Phi) is 4.92. The molecule has 0 saturated heterocycles. The average molecular weight is 293 g/mol. The number of hydrogen-bond donors (Lipinski definition) is 3. The second kappa shape index (κ2) is 5.87. The third kappa shape index (κ3) is 4.17. The topological polar surface area (TPSA) is 121 Å². The number of carbonyl (C=O) groups is 2. The lowest BCUT2D eigenvalue weighted by Crippen LogP contribution is -2.46. The number of carboxylic acids is 1. The standard InChI is InChI=1S/C11H19NO6S/c1-6(2)9(11(14)15)12-10(13)7-3-4-8(5-7)19(16,17)18/h6-9H,3-5H2,1-2H3,(H,12,13)(H,14,15)(H,16,17,18)/t7?,8?,9-/m0/s1. The van der Waals surface area contributed by atoms with E-state index in [9.17, 15) is 18.0 Å². The lowest BCUT2D eigenvalue weighted by molar-refractivity contribution is -0.143. The summed E-state index contributed by atoms with van der Waals surface area (Å²) in [5, 5.41) is 10.5. The van der Waals surface area contributed by atoms with Crippen LogP contribution in [0.2, 0.25) is 0 Å². The summed E-state index contributed by atoms with van der Waals surface area (Å²) >= 11 is 0. The van der Waals surface area contributed by atoms with Gasteiger partial charge in [-0.1, -0.05) is 13.8 Å². The molecule has 7 nitrogen and oxygen atoms in total. The van der Waals surface area contributed by atoms with Crippen molar-refractivity contribution in [2.75, 3.05) is 0 Å². The average Bonchev–Trinajstić information content (AvgIpc) is 2.73. The van der Waals surface area contributed by atoms with E-state index in [0.29, 0.717) is 6.42 Å². The summed E-state index contributed by atoms with van der Waals surface area (Å²) < 4.78 is 30.9. The van der Waals surface area contributed by atoms with E-state index in [-0.39, 0.29) is 18.8 Å². The number of carboxylic acid groups (broad SMARTS) is 1. The van der Waals surface area contributed by atoms with Crippen molar-refractivity contribution < 1.29 is 27.7 Å².